The lowest BCUT2D eigenvalue weighted by Gasteiger charge is -2.32. The van der Waals surface area contributed by atoms with Crippen LogP contribution in [-0.2, 0) is 9.31 Å². The van der Waals surface area contributed by atoms with Gasteiger partial charge in [-0.2, -0.15) is 0 Å². The highest BCUT2D eigenvalue weighted by Crippen LogP contribution is 2.40. The third kappa shape index (κ3) is 2.71. The van der Waals surface area contributed by atoms with Crippen molar-refractivity contribution >= 4 is 44.1 Å². The lowest BCUT2D eigenvalue weighted by atomic mass is 9.78. The van der Waals surface area contributed by atoms with Gasteiger partial charge in [0.25, 0.3) is 0 Å². The number of rotatable bonds is 2. The molecule has 1 aliphatic heterocycles. The highest BCUT2D eigenvalue weighted by atomic mass is 32.1. The number of thiophene rings is 1. The molecule has 4 aromatic rings. The van der Waals surface area contributed by atoms with Gasteiger partial charge in [-0.15, -0.1) is 11.3 Å². The van der Waals surface area contributed by atoms with Crippen LogP contribution in [0.4, 0.5) is 0 Å². The zero-order valence-corrected chi connectivity index (χ0v) is 17.5. The van der Waals surface area contributed by atoms with E-state index in [1.165, 1.54) is 31.3 Å². The average molecular weight is 386 g/mol. The average Bonchev–Trinajstić information content (AvgIpc) is 3.15. The monoisotopic (exact) mass is 386 g/mol. The molecule has 4 heteroatoms. The minimum Gasteiger partial charge on any atom is -0.399 e. The summed E-state index contributed by atoms with van der Waals surface area (Å²) < 4.78 is 15.2. The molecule has 0 bridgehead atoms. The summed E-state index contributed by atoms with van der Waals surface area (Å²) >= 11 is 1.86. The van der Waals surface area contributed by atoms with Gasteiger partial charge in [-0.1, -0.05) is 60.7 Å². The van der Waals surface area contributed by atoms with Crippen LogP contribution in [0.2, 0.25) is 0 Å². The van der Waals surface area contributed by atoms with Crippen LogP contribution in [0.5, 0.6) is 0 Å². The summed E-state index contributed by atoms with van der Waals surface area (Å²) in [4.78, 5) is 0. The van der Waals surface area contributed by atoms with Gasteiger partial charge < -0.3 is 9.31 Å². The molecule has 0 aliphatic carbocycles. The molecule has 0 unspecified atom stereocenters. The van der Waals surface area contributed by atoms with Crippen molar-refractivity contribution in [1.29, 1.82) is 0 Å². The molecule has 0 N–H and O–H groups in total. The summed E-state index contributed by atoms with van der Waals surface area (Å²) in [5.41, 5.74) is 2.86. The SMILES string of the molecule is CC1(C)OB(c2cccc(-c3cccc4c3sc3ccccc34)c2)OC1(C)C. The van der Waals surface area contributed by atoms with Gasteiger partial charge in [-0.25, -0.2) is 0 Å². The predicted octanol–water partition coefficient (Wildman–Crippen LogP) is 6.02. The Morgan fingerprint density at radius 2 is 1.43 bits per heavy atom. The van der Waals surface area contributed by atoms with Gasteiger partial charge in [0.15, 0.2) is 0 Å². The number of hydrogen-bond acceptors (Lipinski definition) is 3. The molecular weight excluding hydrogens is 363 g/mol. The molecule has 3 aromatic carbocycles. The van der Waals surface area contributed by atoms with E-state index in [1.807, 2.05) is 11.3 Å². The van der Waals surface area contributed by atoms with Crippen LogP contribution in [-0.4, -0.2) is 18.3 Å². The normalized spacial score (nSPS) is 18.2. The zero-order chi connectivity index (χ0) is 19.5. The topological polar surface area (TPSA) is 18.5 Å². The highest BCUT2D eigenvalue weighted by molar-refractivity contribution is 7.26. The fourth-order valence-corrected chi connectivity index (χ4v) is 5.04. The summed E-state index contributed by atoms with van der Waals surface area (Å²) in [7, 11) is -0.341. The van der Waals surface area contributed by atoms with E-state index in [0.717, 1.165) is 5.46 Å². The van der Waals surface area contributed by atoms with Gasteiger partial charge in [0.05, 0.1) is 11.2 Å². The van der Waals surface area contributed by atoms with E-state index in [-0.39, 0.29) is 18.3 Å². The Kier molecular flexibility index (Phi) is 3.96. The minimum absolute atomic E-state index is 0.334. The van der Waals surface area contributed by atoms with E-state index in [0.29, 0.717) is 0 Å². The number of fused-ring (bicyclic) bond motifs is 3. The van der Waals surface area contributed by atoms with Crippen LogP contribution in [0.1, 0.15) is 27.7 Å². The Labute approximate surface area is 170 Å². The molecule has 1 aliphatic rings. The molecule has 0 saturated carbocycles. The molecule has 2 nitrogen and oxygen atoms in total. The fraction of sp³-hybridized carbons (Fsp3) is 0.250. The lowest BCUT2D eigenvalue weighted by Crippen LogP contribution is -2.41. The second-order valence-electron chi connectivity index (χ2n) is 8.49. The number of benzene rings is 3. The van der Waals surface area contributed by atoms with Gasteiger partial charge in [-0.05, 0) is 50.4 Å². The van der Waals surface area contributed by atoms with E-state index < -0.39 is 0 Å². The third-order valence-electron chi connectivity index (χ3n) is 6.13. The van der Waals surface area contributed by atoms with Crippen LogP contribution < -0.4 is 5.46 Å². The van der Waals surface area contributed by atoms with Crippen molar-refractivity contribution in [3.63, 3.8) is 0 Å². The highest BCUT2D eigenvalue weighted by Gasteiger charge is 2.51. The lowest BCUT2D eigenvalue weighted by molar-refractivity contribution is 0.00578. The first-order chi connectivity index (χ1) is 13.4. The van der Waals surface area contributed by atoms with Crippen molar-refractivity contribution in [2.75, 3.05) is 0 Å². The molecular formula is C24H23BO2S. The third-order valence-corrected chi connectivity index (χ3v) is 7.35. The maximum atomic E-state index is 6.26. The van der Waals surface area contributed by atoms with E-state index in [2.05, 4.69) is 94.4 Å². The zero-order valence-electron chi connectivity index (χ0n) is 16.7. The Morgan fingerprint density at radius 1 is 0.750 bits per heavy atom. The predicted molar refractivity (Wildman–Crippen MR) is 120 cm³/mol. The van der Waals surface area contributed by atoms with Crippen LogP contribution in [0.25, 0.3) is 31.3 Å². The fourth-order valence-electron chi connectivity index (χ4n) is 3.81. The summed E-state index contributed by atoms with van der Waals surface area (Å²) in [6.07, 6.45) is 0. The molecule has 0 radical (unpaired) electrons. The van der Waals surface area contributed by atoms with Crippen molar-refractivity contribution in [3.05, 3.63) is 66.7 Å². The second-order valence-corrected chi connectivity index (χ2v) is 9.55. The summed E-state index contributed by atoms with van der Waals surface area (Å²) in [6, 6.07) is 23.8. The van der Waals surface area contributed by atoms with E-state index in [1.54, 1.807) is 0 Å². The molecule has 0 amide bonds. The quantitative estimate of drug-likeness (QED) is 0.392. The molecule has 1 saturated heterocycles. The molecule has 0 spiro atoms. The Balaban J connectivity index is 1.61. The van der Waals surface area contributed by atoms with Crippen molar-refractivity contribution in [2.45, 2.75) is 38.9 Å². The largest absolute Gasteiger partial charge is 0.494 e. The van der Waals surface area contributed by atoms with Crippen LogP contribution in [0, 0.1) is 0 Å². The van der Waals surface area contributed by atoms with Crippen LogP contribution >= 0.6 is 11.3 Å². The first-order valence-electron chi connectivity index (χ1n) is 9.72. The number of hydrogen-bond donors (Lipinski definition) is 0. The van der Waals surface area contributed by atoms with Gasteiger partial charge in [0.1, 0.15) is 0 Å². The molecule has 1 aromatic heterocycles. The van der Waals surface area contributed by atoms with Crippen molar-refractivity contribution < 1.29 is 9.31 Å². The molecule has 140 valence electrons. The van der Waals surface area contributed by atoms with Gasteiger partial charge >= 0.3 is 7.12 Å². The van der Waals surface area contributed by atoms with Crippen molar-refractivity contribution in [1.82, 2.24) is 0 Å². The van der Waals surface area contributed by atoms with E-state index in [9.17, 15) is 0 Å². The van der Waals surface area contributed by atoms with Crippen LogP contribution in [0.3, 0.4) is 0 Å². The second kappa shape index (κ2) is 6.18. The maximum absolute atomic E-state index is 6.26. The molecule has 5 rings (SSSR count). The van der Waals surface area contributed by atoms with E-state index in [4.69, 9.17) is 9.31 Å². The molecule has 1 fully saturated rings. The molecule has 2 heterocycles. The van der Waals surface area contributed by atoms with Crippen LogP contribution in [0.15, 0.2) is 66.7 Å². The molecule has 28 heavy (non-hydrogen) atoms. The Morgan fingerprint density at radius 3 is 2.21 bits per heavy atom. The van der Waals surface area contributed by atoms with Crippen molar-refractivity contribution in [2.24, 2.45) is 0 Å². The van der Waals surface area contributed by atoms with E-state index >= 15 is 0 Å². The summed E-state index contributed by atoms with van der Waals surface area (Å²) in [5, 5.41) is 2.64. The Hall–Kier alpha value is -2.14. The van der Waals surface area contributed by atoms with Gasteiger partial charge in [0.2, 0.25) is 0 Å². The van der Waals surface area contributed by atoms with Gasteiger partial charge in [0, 0.05) is 20.2 Å². The standard InChI is InChI=1S/C24H23BO2S/c1-23(2)24(3,4)27-25(26-23)17-10-7-9-16(15-17)18-12-8-13-20-19-11-5-6-14-21(19)28-22(18)20/h5-15H,1-4H3. The summed E-state index contributed by atoms with van der Waals surface area (Å²) in [6.45, 7) is 8.37. The molecule has 0 atom stereocenters. The van der Waals surface area contributed by atoms with Crippen molar-refractivity contribution in [3.8, 4) is 11.1 Å². The maximum Gasteiger partial charge on any atom is 0.494 e. The first kappa shape index (κ1) is 17.9. The first-order valence-corrected chi connectivity index (χ1v) is 10.5. The smallest absolute Gasteiger partial charge is 0.399 e. The van der Waals surface area contributed by atoms with Gasteiger partial charge in [-0.3, -0.25) is 0 Å². The Bertz CT molecular complexity index is 1180. The minimum atomic E-state index is -0.341. The summed E-state index contributed by atoms with van der Waals surface area (Å²) in [5.74, 6) is 0.